The van der Waals surface area contributed by atoms with Gasteiger partial charge in [0.05, 0.1) is 25.2 Å². The third kappa shape index (κ3) is 3.86. The van der Waals surface area contributed by atoms with Crippen LogP contribution >= 0.6 is 11.3 Å². The number of thiophene rings is 1. The largest absolute Gasteiger partial charge is 0.462 e. The van der Waals surface area contributed by atoms with E-state index in [0.29, 0.717) is 64.0 Å². The average molecular weight is 420 g/mol. The molecule has 156 valence electrons. The summed E-state index contributed by atoms with van der Waals surface area (Å²) in [6.07, 6.45) is 1.54. The van der Waals surface area contributed by atoms with E-state index in [1.807, 2.05) is 16.7 Å². The standard InChI is InChI=1S/C19H25N5O4S/c1-3-28-18(25)15-13(2)14-16(20-12-21-17(14)29-15)22-4-6-23(7-5-22)19(26)24-8-10-27-11-9-24/h12H,3-11H2,1-2H3. The Morgan fingerprint density at radius 1 is 1.10 bits per heavy atom. The van der Waals surface area contributed by atoms with Gasteiger partial charge >= 0.3 is 12.0 Å². The van der Waals surface area contributed by atoms with Gasteiger partial charge < -0.3 is 24.2 Å². The van der Waals surface area contributed by atoms with Gasteiger partial charge in [-0.15, -0.1) is 11.3 Å². The van der Waals surface area contributed by atoms with Gasteiger partial charge in [0.25, 0.3) is 0 Å². The van der Waals surface area contributed by atoms with Gasteiger partial charge in [-0.2, -0.15) is 0 Å². The first-order valence-corrected chi connectivity index (χ1v) is 10.7. The molecule has 0 aliphatic carbocycles. The van der Waals surface area contributed by atoms with Crippen molar-refractivity contribution in [3.63, 3.8) is 0 Å². The highest BCUT2D eigenvalue weighted by atomic mass is 32.1. The highest BCUT2D eigenvalue weighted by Gasteiger charge is 2.29. The third-order valence-electron chi connectivity index (χ3n) is 5.30. The van der Waals surface area contributed by atoms with E-state index in [0.717, 1.165) is 21.6 Å². The normalized spacial score (nSPS) is 17.7. The predicted molar refractivity (Wildman–Crippen MR) is 110 cm³/mol. The maximum absolute atomic E-state index is 12.7. The number of aryl methyl sites for hydroxylation is 1. The molecule has 29 heavy (non-hydrogen) atoms. The van der Waals surface area contributed by atoms with E-state index in [9.17, 15) is 9.59 Å². The minimum Gasteiger partial charge on any atom is -0.462 e. The van der Waals surface area contributed by atoms with Gasteiger partial charge in [-0.05, 0) is 19.4 Å². The Hall–Kier alpha value is -2.46. The van der Waals surface area contributed by atoms with Gasteiger partial charge in [0, 0.05) is 39.3 Å². The smallest absolute Gasteiger partial charge is 0.348 e. The maximum atomic E-state index is 12.7. The summed E-state index contributed by atoms with van der Waals surface area (Å²) in [5, 5.41) is 0.897. The number of esters is 1. The number of amides is 2. The molecule has 0 bridgehead atoms. The first kappa shape index (κ1) is 19.8. The molecule has 4 heterocycles. The first-order valence-electron chi connectivity index (χ1n) is 9.88. The minimum absolute atomic E-state index is 0.0806. The topological polar surface area (TPSA) is 88.1 Å². The zero-order valence-electron chi connectivity index (χ0n) is 16.7. The van der Waals surface area contributed by atoms with Gasteiger partial charge in [-0.3, -0.25) is 0 Å². The first-order chi connectivity index (χ1) is 14.1. The van der Waals surface area contributed by atoms with E-state index in [4.69, 9.17) is 9.47 Å². The number of ether oxygens (including phenoxy) is 2. The zero-order chi connectivity index (χ0) is 20.4. The summed E-state index contributed by atoms with van der Waals surface area (Å²) in [6.45, 7) is 9.19. The van der Waals surface area contributed by atoms with Crippen LogP contribution in [0.5, 0.6) is 0 Å². The van der Waals surface area contributed by atoms with Crippen LogP contribution in [0.4, 0.5) is 10.6 Å². The number of carbonyl (C=O) groups is 2. The molecule has 2 amide bonds. The van der Waals surface area contributed by atoms with Crippen molar-refractivity contribution in [2.24, 2.45) is 0 Å². The summed E-state index contributed by atoms with van der Waals surface area (Å²) in [5.74, 6) is 0.498. The van der Waals surface area contributed by atoms with Crippen LogP contribution in [-0.2, 0) is 9.47 Å². The molecule has 0 radical (unpaired) electrons. The van der Waals surface area contributed by atoms with Gasteiger partial charge in [0.2, 0.25) is 0 Å². The van der Waals surface area contributed by atoms with E-state index in [1.165, 1.54) is 17.7 Å². The number of hydrogen-bond acceptors (Lipinski definition) is 8. The Morgan fingerprint density at radius 2 is 1.79 bits per heavy atom. The molecule has 2 aromatic heterocycles. The van der Waals surface area contributed by atoms with E-state index >= 15 is 0 Å². The van der Waals surface area contributed by atoms with Crippen LogP contribution in [0.25, 0.3) is 10.2 Å². The number of urea groups is 1. The number of anilines is 1. The van der Waals surface area contributed by atoms with Gasteiger partial charge in [-0.25, -0.2) is 19.6 Å². The van der Waals surface area contributed by atoms with Crippen molar-refractivity contribution in [3.05, 3.63) is 16.8 Å². The summed E-state index contributed by atoms with van der Waals surface area (Å²) in [7, 11) is 0. The third-order valence-corrected chi connectivity index (χ3v) is 6.48. The van der Waals surface area contributed by atoms with Crippen molar-refractivity contribution >= 4 is 39.4 Å². The van der Waals surface area contributed by atoms with Crippen molar-refractivity contribution in [2.75, 3.05) is 64.0 Å². The fraction of sp³-hybridized carbons (Fsp3) is 0.579. The molecule has 10 heteroatoms. The Balaban J connectivity index is 1.51. The Morgan fingerprint density at radius 3 is 2.48 bits per heavy atom. The molecule has 0 spiro atoms. The number of hydrogen-bond donors (Lipinski definition) is 0. The highest BCUT2D eigenvalue weighted by molar-refractivity contribution is 7.20. The summed E-state index contributed by atoms with van der Waals surface area (Å²) >= 11 is 1.34. The molecule has 2 saturated heterocycles. The molecule has 2 aromatic rings. The lowest BCUT2D eigenvalue weighted by molar-refractivity contribution is 0.0428. The zero-order valence-corrected chi connectivity index (χ0v) is 17.5. The van der Waals surface area contributed by atoms with Crippen LogP contribution in [0.15, 0.2) is 6.33 Å². The predicted octanol–water partition coefficient (Wildman–Crippen LogP) is 1.75. The summed E-state index contributed by atoms with van der Waals surface area (Å²) in [4.78, 5) is 41.1. The number of piperazine rings is 1. The van der Waals surface area contributed by atoms with Crippen molar-refractivity contribution < 1.29 is 19.1 Å². The van der Waals surface area contributed by atoms with Gasteiger partial charge in [-0.1, -0.05) is 0 Å². The van der Waals surface area contributed by atoms with E-state index in [2.05, 4.69) is 14.9 Å². The molecule has 0 N–H and O–H groups in total. The number of aromatic nitrogens is 2. The fourth-order valence-corrected chi connectivity index (χ4v) is 4.79. The highest BCUT2D eigenvalue weighted by Crippen LogP contribution is 2.35. The molecule has 2 fully saturated rings. The maximum Gasteiger partial charge on any atom is 0.348 e. The number of carbonyl (C=O) groups excluding carboxylic acids is 2. The van der Waals surface area contributed by atoms with Crippen LogP contribution in [0.2, 0.25) is 0 Å². The molecule has 2 aliphatic heterocycles. The number of fused-ring (bicyclic) bond motifs is 1. The van der Waals surface area contributed by atoms with Crippen molar-refractivity contribution in [2.45, 2.75) is 13.8 Å². The molecule has 9 nitrogen and oxygen atoms in total. The molecule has 0 aromatic carbocycles. The number of rotatable bonds is 3. The van der Waals surface area contributed by atoms with Crippen molar-refractivity contribution in [1.82, 2.24) is 19.8 Å². The van der Waals surface area contributed by atoms with Gasteiger partial charge in [0.15, 0.2) is 0 Å². The molecule has 4 rings (SSSR count). The molecule has 2 aliphatic rings. The van der Waals surface area contributed by atoms with E-state index < -0.39 is 0 Å². The SMILES string of the molecule is CCOC(=O)c1sc2ncnc(N3CCN(C(=O)N4CCOCC4)CC3)c2c1C. The minimum atomic E-state index is -0.320. The second kappa shape index (κ2) is 8.50. The Kier molecular flexibility index (Phi) is 5.81. The van der Waals surface area contributed by atoms with Crippen LogP contribution in [0.1, 0.15) is 22.2 Å². The summed E-state index contributed by atoms with van der Waals surface area (Å²) in [6, 6.07) is 0.0806. The number of nitrogens with zero attached hydrogens (tertiary/aromatic N) is 5. The fourth-order valence-electron chi connectivity index (χ4n) is 3.75. The number of morpholine rings is 1. The van der Waals surface area contributed by atoms with E-state index in [1.54, 1.807) is 6.92 Å². The molecule has 0 saturated carbocycles. The molecular formula is C19H25N5O4S. The lowest BCUT2D eigenvalue weighted by Gasteiger charge is -2.39. The summed E-state index contributed by atoms with van der Waals surface area (Å²) in [5.41, 5.74) is 0.853. The van der Waals surface area contributed by atoms with Crippen molar-refractivity contribution in [3.8, 4) is 0 Å². The lowest BCUT2D eigenvalue weighted by atomic mass is 10.2. The summed E-state index contributed by atoms with van der Waals surface area (Å²) < 4.78 is 10.5. The molecular weight excluding hydrogens is 394 g/mol. The second-order valence-electron chi connectivity index (χ2n) is 7.01. The van der Waals surface area contributed by atoms with Gasteiger partial charge in [0.1, 0.15) is 21.9 Å². The monoisotopic (exact) mass is 419 g/mol. The molecule has 0 unspecified atom stereocenters. The Bertz CT molecular complexity index is 903. The van der Waals surface area contributed by atoms with Crippen LogP contribution in [0.3, 0.4) is 0 Å². The van der Waals surface area contributed by atoms with Crippen LogP contribution in [0, 0.1) is 6.92 Å². The quantitative estimate of drug-likeness (QED) is 0.701. The Labute approximate surface area is 173 Å². The molecule has 0 atom stereocenters. The van der Waals surface area contributed by atoms with Crippen LogP contribution < -0.4 is 4.90 Å². The van der Waals surface area contributed by atoms with Crippen LogP contribution in [-0.4, -0.2) is 90.9 Å². The second-order valence-corrected chi connectivity index (χ2v) is 8.01. The van der Waals surface area contributed by atoms with E-state index in [-0.39, 0.29) is 12.0 Å². The van der Waals surface area contributed by atoms with Crippen molar-refractivity contribution in [1.29, 1.82) is 0 Å². The lowest BCUT2D eigenvalue weighted by Crippen LogP contribution is -2.55. The average Bonchev–Trinajstić information content (AvgIpc) is 3.11.